The van der Waals surface area contributed by atoms with E-state index in [1.54, 1.807) is 7.11 Å². The van der Waals surface area contributed by atoms with Crippen LogP contribution in [0, 0.1) is 13.8 Å². The van der Waals surface area contributed by atoms with Gasteiger partial charge in [-0.1, -0.05) is 6.07 Å². The number of ether oxygens (including phenoxy) is 1. The van der Waals surface area contributed by atoms with Crippen LogP contribution in [0.4, 0.5) is 0 Å². The number of methoxy groups -OCH3 is 1. The summed E-state index contributed by atoms with van der Waals surface area (Å²) in [7, 11) is 5.60. The fraction of sp³-hybridized carbons (Fsp3) is 0.400. The summed E-state index contributed by atoms with van der Waals surface area (Å²) >= 11 is 0. The average molecular weight is 259 g/mol. The molecule has 0 saturated heterocycles. The first-order valence-electron chi connectivity index (χ1n) is 6.37. The van der Waals surface area contributed by atoms with E-state index < -0.39 is 0 Å². The van der Waals surface area contributed by atoms with Crippen LogP contribution >= 0.6 is 0 Å². The minimum atomic E-state index is 0.0873. The maximum Gasteiger partial charge on any atom is 0.124 e. The molecule has 0 aliphatic rings. The number of aryl methyl sites for hydroxylation is 3. The van der Waals surface area contributed by atoms with Gasteiger partial charge in [0.25, 0.3) is 0 Å². The molecule has 2 aromatic rings. The number of nitrogens with one attached hydrogen (secondary N) is 1. The Morgan fingerprint density at radius 2 is 2.05 bits per heavy atom. The SMILES string of the molecule is CNC(c1cnn(C)c1)c1c(C)cc(C)cc1OC. The van der Waals surface area contributed by atoms with Crippen LogP contribution in [0.3, 0.4) is 0 Å². The first-order chi connectivity index (χ1) is 9.06. The molecule has 0 spiro atoms. The molecular weight excluding hydrogens is 238 g/mol. The molecule has 0 aliphatic carbocycles. The van der Waals surface area contributed by atoms with Crippen LogP contribution in [-0.2, 0) is 7.05 Å². The van der Waals surface area contributed by atoms with Crippen LogP contribution in [-0.4, -0.2) is 23.9 Å². The molecule has 1 atom stereocenters. The highest BCUT2D eigenvalue weighted by Crippen LogP contribution is 2.33. The van der Waals surface area contributed by atoms with Crippen LogP contribution in [0.5, 0.6) is 5.75 Å². The monoisotopic (exact) mass is 259 g/mol. The van der Waals surface area contributed by atoms with Crippen LogP contribution in [0.25, 0.3) is 0 Å². The van der Waals surface area contributed by atoms with Crippen LogP contribution in [0.2, 0.25) is 0 Å². The summed E-state index contributed by atoms with van der Waals surface area (Å²) in [5.41, 5.74) is 4.73. The Hall–Kier alpha value is -1.81. The summed E-state index contributed by atoms with van der Waals surface area (Å²) in [6.07, 6.45) is 3.92. The molecule has 0 radical (unpaired) electrons. The molecule has 1 aromatic carbocycles. The van der Waals surface area contributed by atoms with E-state index in [0.717, 1.165) is 11.3 Å². The molecule has 0 bridgehead atoms. The number of rotatable bonds is 4. The Morgan fingerprint density at radius 3 is 2.58 bits per heavy atom. The molecule has 4 heteroatoms. The number of aromatic nitrogens is 2. The summed E-state index contributed by atoms with van der Waals surface area (Å²) in [6.45, 7) is 4.20. The smallest absolute Gasteiger partial charge is 0.124 e. The van der Waals surface area contributed by atoms with Gasteiger partial charge in [0, 0.05) is 24.4 Å². The van der Waals surface area contributed by atoms with Gasteiger partial charge < -0.3 is 10.1 Å². The van der Waals surface area contributed by atoms with Gasteiger partial charge in [0.15, 0.2) is 0 Å². The van der Waals surface area contributed by atoms with Crippen LogP contribution < -0.4 is 10.1 Å². The summed E-state index contributed by atoms with van der Waals surface area (Å²) in [4.78, 5) is 0. The lowest BCUT2D eigenvalue weighted by Gasteiger charge is -2.21. The van der Waals surface area contributed by atoms with Crippen LogP contribution in [0.1, 0.15) is 28.3 Å². The predicted molar refractivity (Wildman–Crippen MR) is 76.6 cm³/mol. The Balaban J connectivity index is 2.55. The van der Waals surface area contributed by atoms with Gasteiger partial charge in [-0.05, 0) is 38.1 Å². The zero-order valence-electron chi connectivity index (χ0n) is 12.2. The second-order valence-electron chi connectivity index (χ2n) is 4.87. The Morgan fingerprint density at radius 1 is 1.32 bits per heavy atom. The highest BCUT2D eigenvalue weighted by atomic mass is 16.5. The van der Waals surface area contributed by atoms with Gasteiger partial charge in [-0.15, -0.1) is 0 Å². The largest absolute Gasteiger partial charge is 0.496 e. The molecule has 0 amide bonds. The summed E-state index contributed by atoms with van der Waals surface area (Å²) < 4.78 is 7.37. The van der Waals surface area contributed by atoms with E-state index in [-0.39, 0.29) is 6.04 Å². The molecule has 19 heavy (non-hydrogen) atoms. The third kappa shape index (κ3) is 2.63. The average Bonchev–Trinajstić information content (AvgIpc) is 2.78. The lowest BCUT2D eigenvalue weighted by atomic mass is 9.94. The highest BCUT2D eigenvalue weighted by molar-refractivity contribution is 5.48. The maximum atomic E-state index is 5.55. The Bertz CT molecular complexity index is 575. The van der Waals surface area contributed by atoms with Gasteiger partial charge >= 0.3 is 0 Å². The van der Waals surface area contributed by atoms with Gasteiger partial charge in [0.05, 0.1) is 19.3 Å². The molecule has 1 heterocycles. The quantitative estimate of drug-likeness (QED) is 0.916. The van der Waals surface area contributed by atoms with Crippen molar-refractivity contribution in [1.82, 2.24) is 15.1 Å². The van der Waals surface area contributed by atoms with Gasteiger partial charge in [-0.25, -0.2) is 0 Å². The Labute approximate surface area is 114 Å². The normalized spacial score (nSPS) is 12.5. The fourth-order valence-corrected chi connectivity index (χ4v) is 2.55. The molecule has 0 saturated carbocycles. The molecular formula is C15H21N3O. The Kier molecular flexibility index (Phi) is 3.90. The zero-order valence-corrected chi connectivity index (χ0v) is 12.2. The highest BCUT2D eigenvalue weighted by Gasteiger charge is 2.20. The predicted octanol–water partition coefficient (Wildman–Crippen LogP) is 2.35. The fourth-order valence-electron chi connectivity index (χ4n) is 2.55. The molecule has 102 valence electrons. The molecule has 1 unspecified atom stereocenters. The van der Waals surface area contributed by atoms with Crippen molar-refractivity contribution in [3.8, 4) is 5.75 Å². The third-order valence-electron chi connectivity index (χ3n) is 3.35. The second-order valence-corrected chi connectivity index (χ2v) is 4.87. The lowest BCUT2D eigenvalue weighted by molar-refractivity contribution is 0.404. The van der Waals surface area contributed by atoms with Crippen molar-refractivity contribution in [3.63, 3.8) is 0 Å². The minimum absolute atomic E-state index is 0.0873. The maximum absolute atomic E-state index is 5.55. The van der Waals surface area contributed by atoms with E-state index in [1.807, 2.05) is 31.2 Å². The topological polar surface area (TPSA) is 39.1 Å². The number of benzene rings is 1. The summed E-state index contributed by atoms with van der Waals surface area (Å²) in [6, 6.07) is 4.34. The first-order valence-corrected chi connectivity index (χ1v) is 6.37. The third-order valence-corrected chi connectivity index (χ3v) is 3.35. The van der Waals surface area contributed by atoms with E-state index >= 15 is 0 Å². The summed E-state index contributed by atoms with van der Waals surface area (Å²) in [5.74, 6) is 0.917. The number of nitrogens with zero attached hydrogens (tertiary/aromatic N) is 2. The lowest BCUT2D eigenvalue weighted by Crippen LogP contribution is -2.19. The van der Waals surface area contributed by atoms with E-state index in [9.17, 15) is 0 Å². The van der Waals surface area contributed by atoms with Crippen LogP contribution in [0.15, 0.2) is 24.5 Å². The standard InChI is InChI=1S/C15H21N3O/c1-10-6-11(2)14(13(7-10)19-5)15(16-3)12-8-17-18(4)9-12/h6-9,15-16H,1-5H3. The van der Waals surface area contributed by atoms with Gasteiger partial charge in [-0.2, -0.15) is 5.10 Å². The molecule has 4 nitrogen and oxygen atoms in total. The molecule has 2 rings (SSSR count). The van der Waals surface area contributed by atoms with E-state index in [2.05, 4.69) is 36.4 Å². The van der Waals surface area contributed by atoms with Crippen molar-refractivity contribution in [1.29, 1.82) is 0 Å². The van der Waals surface area contributed by atoms with E-state index in [0.29, 0.717) is 0 Å². The first kappa shape index (κ1) is 13.6. The zero-order chi connectivity index (χ0) is 14.0. The van der Waals surface area contributed by atoms with Gasteiger partial charge in [0.2, 0.25) is 0 Å². The van der Waals surface area contributed by atoms with Crippen molar-refractivity contribution in [2.45, 2.75) is 19.9 Å². The molecule has 0 aliphatic heterocycles. The van der Waals surface area contributed by atoms with Crippen molar-refractivity contribution in [2.24, 2.45) is 7.05 Å². The van der Waals surface area contributed by atoms with E-state index in [4.69, 9.17) is 4.74 Å². The van der Waals surface area contributed by atoms with Crippen molar-refractivity contribution in [2.75, 3.05) is 14.2 Å². The number of hydrogen-bond donors (Lipinski definition) is 1. The van der Waals surface area contributed by atoms with Crippen molar-refractivity contribution in [3.05, 3.63) is 46.8 Å². The molecule has 1 N–H and O–H groups in total. The van der Waals surface area contributed by atoms with E-state index in [1.165, 1.54) is 16.7 Å². The second kappa shape index (κ2) is 5.45. The minimum Gasteiger partial charge on any atom is -0.496 e. The van der Waals surface area contributed by atoms with Gasteiger partial charge in [0.1, 0.15) is 5.75 Å². The van der Waals surface area contributed by atoms with Crippen molar-refractivity contribution >= 4 is 0 Å². The van der Waals surface area contributed by atoms with Gasteiger partial charge in [-0.3, -0.25) is 4.68 Å². The van der Waals surface area contributed by atoms with Crippen molar-refractivity contribution < 1.29 is 4.74 Å². The molecule has 1 aromatic heterocycles. The molecule has 0 fully saturated rings. The number of hydrogen-bond acceptors (Lipinski definition) is 3. The summed E-state index contributed by atoms with van der Waals surface area (Å²) in [5, 5.41) is 7.60.